The van der Waals surface area contributed by atoms with Crippen LogP contribution < -0.4 is 5.32 Å². The third-order valence-electron chi connectivity index (χ3n) is 3.15. The zero-order valence-electron chi connectivity index (χ0n) is 10.7. The molecule has 1 fully saturated rings. The van der Waals surface area contributed by atoms with Gasteiger partial charge >= 0.3 is 0 Å². The van der Waals surface area contributed by atoms with Crippen molar-refractivity contribution in [3.05, 3.63) is 24.0 Å². The molecule has 0 atom stereocenters. The van der Waals surface area contributed by atoms with Gasteiger partial charge in [-0.2, -0.15) is 5.10 Å². The predicted molar refractivity (Wildman–Crippen MR) is 70.4 cm³/mol. The first-order valence-corrected chi connectivity index (χ1v) is 6.39. The van der Waals surface area contributed by atoms with Crippen LogP contribution in [-0.2, 0) is 7.05 Å². The molecule has 0 saturated heterocycles. The highest BCUT2D eigenvalue weighted by Crippen LogP contribution is 2.40. The Morgan fingerprint density at radius 2 is 2.22 bits per heavy atom. The van der Waals surface area contributed by atoms with E-state index in [0.29, 0.717) is 5.92 Å². The average molecular weight is 243 g/mol. The molecule has 0 aromatic carbocycles. The summed E-state index contributed by atoms with van der Waals surface area (Å²) in [6.07, 6.45) is 4.26. The van der Waals surface area contributed by atoms with E-state index in [1.807, 2.05) is 17.8 Å². The molecule has 5 nitrogen and oxygen atoms in total. The first-order chi connectivity index (χ1) is 8.78. The Balaban J connectivity index is 2.04. The van der Waals surface area contributed by atoms with Gasteiger partial charge < -0.3 is 5.32 Å². The molecule has 0 spiro atoms. The van der Waals surface area contributed by atoms with Crippen molar-refractivity contribution in [2.24, 2.45) is 7.05 Å². The van der Waals surface area contributed by atoms with Gasteiger partial charge in [0.2, 0.25) is 0 Å². The van der Waals surface area contributed by atoms with E-state index in [4.69, 9.17) is 0 Å². The number of rotatable bonds is 4. The van der Waals surface area contributed by atoms with Crippen LogP contribution in [0.5, 0.6) is 0 Å². The number of hydrogen-bond donors (Lipinski definition) is 1. The number of nitrogens with zero attached hydrogens (tertiary/aromatic N) is 4. The van der Waals surface area contributed by atoms with Gasteiger partial charge in [0.1, 0.15) is 11.5 Å². The normalized spacial score (nSPS) is 14.8. The highest BCUT2D eigenvalue weighted by Gasteiger charge is 2.26. The zero-order chi connectivity index (χ0) is 12.5. The molecule has 1 aliphatic carbocycles. The van der Waals surface area contributed by atoms with Gasteiger partial charge in [0.15, 0.2) is 5.82 Å². The maximum atomic E-state index is 4.67. The van der Waals surface area contributed by atoms with Crippen molar-refractivity contribution in [2.45, 2.75) is 25.7 Å². The standard InChI is InChI=1S/C13H17N5/c1-3-14-12-8-10(9-4-5-9)16-13(17-12)11-6-7-15-18(11)2/h6-9H,3-5H2,1-2H3,(H,14,16,17). The molecule has 2 aromatic rings. The molecule has 1 N–H and O–H groups in total. The lowest BCUT2D eigenvalue weighted by Gasteiger charge is -2.08. The van der Waals surface area contributed by atoms with Crippen molar-refractivity contribution in [3.63, 3.8) is 0 Å². The number of aryl methyl sites for hydroxylation is 1. The van der Waals surface area contributed by atoms with E-state index in [1.54, 1.807) is 6.20 Å². The van der Waals surface area contributed by atoms with E-state index in [2.05, 4.69) is 33.4 Å². The molecule has 94 valence electrons. The molecule has 0 amide bonds. The molecule has 0 aliphatic heterocycles. The summed E-state index contributed by atoms with van der Waals surface area (Å²) in [7, 11) is 1.91. The quantitative estimate of drug-likeness (QED) is 0.894. The molecule has 0 bridgehead atoms. The van der Waals surface area contributed by atoms with Gasteiger partial charge in [-0.3, -0.25) is 4.68 Å². The highest BCUT2D eigenvalue weighted by molar-refractivity contribution is 5.53. The van der Waals surface area contributed by atoms with Crippen LogP contribution in [-0.4, -0.2) is 26.3 Å². The number of anilines is 1. The minimum atomic E-state index is 0.623. The highest BCUT2D eigenvalue weighted by atomic mass is 15.3. The van der Waals surface area contributed by atoms with E-state index in [9.17, 15) is 0 Å². The fourth-order valence-corrected chi connectivity index (χ4v) is 2.03. The smallest absolute Gasteiger partial charge is 0.180 e. The summed E-state index contributed by atoms with van der Waals surface area (Å²) in [4.78, 5) is 9.22. The summed E-state index contributed by atoms with van der Waals surface area (Å²) in [5, 5.41) is 7.45. The van der Waals surface area contributed by atoms with Crippen LogP contribution in [0, 0.1) is 0 Å². The van der Waals surface area contributed by atoms with E-state index >= 15 is 0 Å². The zero-order valence-corrected chi connectivity index (χ0v) is 10.7. The SMILES string of the molecule is CCNc1cc(C2CC2)nc(-c2ccnn2C)n1. The van der Waals surface area contributed by atoms with Crippen molar-refractivity contribution in [3.8, 4) is 11.5 Å². The molecule has 0 radical (unpaired) electrons. The monoisotopic (exact) mass is 243 g/mol. The Bertz CT molecular complexity index is 556. The molecule has 18 heavy (non-hydrogen) atoms. The minimum absolute atomic E-state index is 0.623. The molecule has 2 heterocycles. The maximum Gasteiger partial charge on any atom is 0.180 e. The minimum Gasteiger partial charge on any atom is -0.370 e. The second-order valence-electron chi connectivity index (χ2n) is 4.65. The number of nitrogens with one attached hydrogen (secondary N) is 1. The van der Waals surface area contributed by atoms with E-state index in [0.717, 1.165) is 29.6 Å². The van der Waals surface area contributed by atoms with Gasteiger partial charge in [0.05, 0.1) is 0 Å². The molecule has 2 aromatic heterocycles. The van der Waals surface area contributed by atoms with Crippen molar-refractivity contribution in [1.82, 2.24) is 19.7 Å². The van der Waals surface area contributed by atoms with Gasteiger partial charge in [0, 0.05) is 37.5 Å². The van der Waals surface area contributed by atoms with Gasteiger partial charge in [0.25, 0.3) is 0 Å². The van der Waals surface area contributed by atoms with Crippen LogP contribution in [0.15, 0.2) is 18.3 Å². The molecular formula is C13H17N5. The Morgan fingerprint density at radius 3 is 2.83 bits per heavy atom. The summed E-state index contributed by atoms with van der Waals surface area (Å²) in [6, 6.07) is 4.02. The van der Waals surface area contributed by atoms with Crippen molar-refractivity contribution in [2.75, 3.05) is 11.9 Å². The maximum absolute atomic E-state index is 4.67. The summed E-state index contributed by atoms with van der Waals surface area (Å²) >= 11 is 0. The topological polar surface area (TPSA) is 55.6 Å². The van der Waals surface area contributed by atoms with Crippen LogP contribution in [0.3, 0.4) is 0 Å². The second-order valence-corrected chi connectivity index (χ2v) is 4.65. The van der Waals surface area contributed by atoms with Gasteiger partial charge in [-0.05, 0) is 25.8 Å². The first kappa shape index (κ1) is 11.2. The molecule has 1 saturated carbocycles. The van der Waals surface area contributed by atoms with Crippen LogP contribution in [0.4, 0.5) is 5.82 Å². The van der Waals surface area contributed by atoms with Crippen LogP contribution in [0.1, 0.15) is 31.4 Å². The lowest BCUT2D eigenvalue weighted by atomic mass is 10.2. The lowest BCUT2D eigenvalue weighted by Crippen LogP contribution is -2.05. The summed E-state index contributed by atoms with van der Waals surface area (Å²) < 4.78 is 1.81. The third-order valence-corrected chi connectivity index (χ3v) is 3.15. The van der Waals surface area contributed by atoms with E-state index in [-0.39, 0.29) is 0 Å². The molecular weight excluding hydrogens is 226 g/mol. The predicted octanol–water partition coefficient (Wildman–Crippen LogP) is 2.19. The van der Waals surface area contributed by atoms with E-state index < -0.39 is 0 Å². The van der Waals surface area contributed by atoms with E-state index in [1.165, 1.54) is 12.8 Å². The molecule has 1 aliphatic rings. The lowest BCUT2D eigenvalue weighted by molar-refractivity contribution is 0.768. The van der Waals surface area contributed by atoms with Crippen LogP contribution in [0.2, 0.25) is 0 Å². The van der Waals surface area contributed by atoms with Crippen molar-refractivity contribution >= 4 is 5.82 Å². The first-order valence-electron chi connectivity index (χ1n) is 6.39. The molecule has 3 rings (SSSR count). The molecule has 5 heteroatoms. The number of hydrogen-bond acceptors (Lipinski definition) is 4. The Labute approximate surface area is 106 Å². The van der Waals surface area contributed by atoms with Crippen molar-refractivity contribution < 1.29 is 0 Å². The summed E-state index contributed by atoms with van der Waals surface area (Å²) in [6.45, 7) is 2.94. The summed E-state index contributed by atoms with van der Waals surface area (Å²) in [5.41, 5.74) is 2.11. The molecule has 0 unspecified atom stereocenters. The number of aromatic nitrogens is 4. The van der Waals surface area contributed by atoms with Crippen molar-refractivity contribution in [1.29, 1.82) is 0 Å². The Kier molecular flexibility index (Phi) is 2.74. The van der Waals surface area contributed by atoms with Gasteiger partial charge in [-0.1, -0.05) is 0 Å². The average Bonchev–Trinajstić information content (AvgIpc) is 3.12. The largest absolute Gasteiger partial charge is 0.370 e. The van der Waals surface area contributed by atoms with Gasteiger partial charge in [-0.25, -0.2) is 9.97 Å². The Hall–Kier alpha value is -1.91. The summed E-state index contributed by atoms with van der Waals surface area (Å²) in [5.74, 6) is 2.29. The van der Waals surface area contributed by atoms with Gasteiger partial charge in [-0.15, -0.1) is 0 Å². The Morgan fingerprint density at radius 1 is 1.39 bits per heavy atom. The van der Waals surface area contributed by atoms with Crippen LogP contribution in [0.25, 0.3) is 11.5 Å². The van der Waals surface area contributed by atoms with Crippen LogP contribution >= 0.6 is 0 Å². The third kappa shape index (κ3) is 2.08. The second kappa shape index (κ2) is 4.40. The fourth-order valence-electron chi connectivity index (χ4n) is 2.03. The fraction of sp³-hybridized carbons (Fsp3) is 0.462.